The minimum Gasteiger partial charge on any atom is -0.491 e. The normalized spacial score (nSPS) is 11.9. The Kier molecular flexibility index (Phi) is 9.10. The Morgan fingerprint density at radius 2 is 1.73 bits per heavy atom. The van der Waals surface area contributed by atoms with E-state index in [-0.39, 0.29) is 4.90 Å². The third kappa shape index (κ3) is 7.01. The lowest BCUT2D eigenvalue weighted by atomic mass is 10.1. The van der Waals surface area contributed by atoms with Gasteiger partial charge in [0, 0.05) is 32.8 Å². The predicted octanol–water partition coefficient (Wildman–Crippen LogP) is 1.79. The molecule has 2 aromatic rings. The van der Waals surface area contributed by atoms with E-state index in [2.05, 4.69) is 20.3 Å². The van der Waals surface area contributed by atoms with E-state index in [0.717, 1.165) is 22.4 Å². The van der Waals surface area contributed by atoms with Crippen LogP contribution in [0.5, 0.6) is 5.75 Å². The highest BCUT2D eigenvalue weighted by Gasteiger charge is 2.10. The third-order valence-corrected chi connectivity index (χ3v) is 5.83. The topological polar surface area (TPSA) is 101 Å². The van der Waals surface area contributed by atoms with Crippen LogP contribution < -0.4 is 20.1 Å². The van der Waals surface area contributed by atoms with Crippen molar-refractivity contribution in [1.29, 1.82) is 0 Å². The molecular formula is C21H30N4O4S. The van der Waals surface area contributed by atoms with Crippen molar-refractivity contribution in [2.45, 2.75) is 24.9 Å². The van der Waals surface area contributed by atoms with Crippen LogP contribution in [-0.2, 0) is 27.8 Å². The molecule has 0 saturated carbocycles. The Morgan fingerprint density at radius 3 is 2.37 bits per heavy atom. The number of hydrogen-bond acceptors (Lipinski definition) is 5. The average molecular weight is 435 g/mol. The molecule has 0 amide bonds. The van der Waals surface area contributed by atoms with Crippen LogP contribution in [-0.4, -0.2) is 48.8 Å². The van der Waals surface area contributed by atoms with Crippen molar-refractivity contribution in [1.82, 2.24) is 15.4 Å². The van der Waals surface area contributed by atoms with Crippen LogP contribution in [0.2, 0.25) is 0 Å². The summed E-state index contributed by atoms with van der Waals surface area (Å²) in [6, 6.07) is 12.8. The molecule has 0 aliphatic rings. The first-order valence-corrected chi connectivity index (χ1v) is 11.1. The van der Waals surface area contributed by atoms with Gasteiger partial charge in [0.15, 0.2) is 5.96 Å². The third-order valence-electron chi connectivity index (χ3n) is 4.40. The summed E-state index contributed by atoms with van der Waals surface area (Å²) in [7, 11) is 1.30. The number of aryl methyl sites for hydroxylation is 1. The number of ether oxygens (including phenoxy) is 2. The summed E-state index contributed by atoms with van der Waals surface area (Å²) in [5.74, 6) is 1.45. The van der Waals surface area contributed by atoms with Crippen LogP contribution >= 0.6 is 0 Å². The number of nitrogens with zero attached hydrogens (tertiary/aromatic N) is 1. The predicted molar refractivity (Wildman–Crippen MR) is 118 cm³/mol. The van der Waals surface area contributed by atoms with Gasteiger partial charge in [-0.2, -0.15) is 0 Å². The molecule has 0 atom stereocenters. The molecule has 0 aliphatic carbocycles. The minimum absolute atomic E-state index is 0.233. The molecule has 164 valence electrons. The molecule has 0 spiro atoms. The molecule has 0 unspecified atom stereocenters. The first-order chi connectivity index (χ1) is 14.4. The summed E-state index contributed by atoms with van der Waals surface area (Å²) in [6.07, 6.45) is 0. The van der Waals surface area contributed by atoms with E-state index >= 15 is 0 Å². The quantitative estimate of drug-likeness (QED) is 0.299. The van der Waals surface area contributed by atoms with Crippen molar-refractivity contribution in [3.05, 3.63) is 59.2 Å². The van der Waals surface area contributed by atoms with Gasteiger partial charge in [0.2, 0.25) is 10.0 Å². The van der Waals surface area contributed by atoms with Gasteiger partial charge in [-0.3, -0.25) is 4.99 Å². The Morgan fingerprint density at radius 1 is 1.03 bits per heavy atom. The highest BCUT2D eigenvalue weighted by molar-refractivity contribution is 7.89. The van der Waals surface area contributed by atoms with Gasteiger partial charge in [0.05, 0.1) is 11.5 Å². The molecule has 0 heterocycles. The largest absolute Gasteiger partial charge is 0.491 e. The first-order valence-electron chi connectivity index (χ1n) is 9.58. The summed E-state index contributed by atoms with van der Waals surface area (Å²) >= 11 is 0. The van der Waals surface area contributed by atoms with Gasteiger partial charge in [0.25, 0.3) is 0 Å². The highest BCUT2D eigenvalue weighted by atomic mass is 32.2. The van der Waals surface area contributed by atoms with Gasteiger partial charge < -0.3 is 20.1 Å². The fraction of sp³-hybridized carbons (Fsp3) is 0.381. The van der Waals surface area contributed by atoms with Gasteiger partial charge in [0.1, 0.15) is 12.4 Å². The van der Waals surface area contributed by atoms with Gasteiger partial charge in [-0.05, 0) is 43.3 Å². The zero-order chi connectivity index (χ0) is 22.0. The van der Waals surface area contributed by atoms with Crippen molar-refractivity contribution in [2.24, 2.45) is 4.99 Å². The first kappa shape index (κ1) is 23.7. The summed E-state index contributed by atoms with van der Waals surface area (Å²) in [4.78, 5) is 4.47. The van der Waals surface area contributed by atoms with Gasteiger partial charge >= 0.3 is 0 Å². The highest BCUT2D eigenvalue weighted by Crippen LogP contribution is 2.20. The number of benzene rings is 2. The van der Waals surface area contributed by atoms with E-state index in [9.17, 15) is 8.42 Å². The zero-order valence-electron chi connectivity index (χ0n) is 17.9. The number of nitrogens with one attached hydrogen (secondary N) is 3. The molecule has 0 fully saturated rings. The van der Waals surface area contributed by atoms with Crippen molar-refractivity contribution in [3.8, 4) is 5.75 Å². The molecule has 9 heteroatoms. The number of methoxy groups -OCH3 is 1. The average Bonchev–Trinajstić information content (AvgIpc) is 2.75. The molecule has 30 heavy (non-hydrogen) atoms. The van der Waals surface area contributed by atoms with Gasteiger partial charge in [-0.15, -0.1) is 0 Å². The van der Waals surface area contributed by atoms with Crippen molar-refractivity contribution in [2.75, 3.05) is 34.4 Å². The number of hydrogen-bond donors (Lipinski definition) is 3. The van der Waals surface area contributed by atoms with Crippen LogP contribution in [0.25, 0.3) is 0 Å². The molecule has 0 saturated heterocycles. The monoisotopic (exact) mass is 434 g/mol. The van der Waals surface area contributed by atoms with Crippen LogP contribution in [0, 0.1) is 6.92 Å². The number of aliphatic imine (C=N–C) groups is 1. The lowest BCUT2D eigenvalue weighted by molar-refractivity contribution is 0.145. The number of guanidine groups is 1. The fourth-order valence-corrected chi connectivity index (χ4v) is 3.40. The molecule has 0 aromatic heterocycles. The maximum atomic E-state index is 11.8. The molecule has 8 nitrogen and oxygen atoms in total. The molecule has 3 N–H and O–H groups in total. The summed E-state index contributed by atoms with van der Waals surface area (Å²) in [5.41, 5.74) is 3.07. The molecular weight excluding hydrogens is 404 g/mol. The number of sulfonamides is 1. The Labute approximate surface area is 178 Å². The van der Waals surface area contributed by atoms with Crippen LogP contribution in [0.4, 0.5) is 0 Å². The van der Waals surface area contributed by atoms with E-state index in [1.165, 1.54) is 7.05 Å². The smallest absolute Gasteiger partial charge is 0.240 e. The number of rotatable bonds is 10. The zero-order valence-corrected chi connectivity index (χ0v) is 18.7. The van der Waals surface area contributed by atoms with E-state index in [4.69, 9.17) is 9.47 Å². The van der Waals surface area contributed by atoms with E-state index < -0.39 is 10.0 Å². The molecule has 2 rings (SSSR count). The van der Waals surface area contributed by atoms with Gasteiger partial charge in [-0.25, -0.2) is 13.1 Å². The van der Waals surface area contributed by atoms with E-state index in [1.54, 1.807) is 38.4 Å². The summed E-state index contributed by atoms with van der Waals surface area (Å²) in [6.45, 7) is 4.08. The molecule has 0 bridgehead atoms. The Balaban J connectivity index is 1.94. The summed E-state index contributed by atoms with van der Waals surface area (Å²) in [5, 5.41) is 6.50. The Bertz CT molecular complexity index is 944. The minimum atomic E-state index is -3.43. The second-order valence-corrected chi connectivity index (χ2v) is 8.47. The van der Waals surface area contributed by atoms with Crippen molar-refractivity contribution < 1.29 is 17.9 Å². The van der Waals surface area contributed by atoms with Gasteiger partial charge in [-0.1, -0.05) is 24.3 Å². The fourth-order valence-electron chi connectivity index (χ4n) is 2.67. The van der Waals surface area contributed by atoms with Crippen LogP contribution in [0.3, 0.4) is 0 Å². The maximum absolute atomic E-state index is 11.8. The maximum Gasteiger partial charge on any atom is 0.240 e. The second-order valence-electron chi connectivity index (χ2n) is 6.58. The van der Waals surface area contributed by atoms with E-state index in [1.807, 2.05) is 25.1 Å². The SMILES string of the molecule is CN=C(NCc1ccc(S(=O)(=O)NC)cc1)NCc1ccc(C)cc1OCCOC. The van der Waals surface area contributed by atoms with E-state index in [0.29, 0.717) is 32.3 Å². The molecule has 2 aromatic carbocycles. The Hall–Kier alpha value is -2.62. The standard InChI is InChI=1S/C21H30N4O4S/c1-16-5-8-18(20(13-16)29-12-11-28-4)15-25-21(22-2)24-14-17-6-9-19(10-7-17)30(26,27)23-3/h5-10,13,23H,11-12,14-15H2,1-4H3,(H2,22,24,25). The second kappa shape index (κ2) is 11.5. The van der Waals surface area contributed by atoms with Crippen molar-refractivity contribution >= 4 is 16.0 Å². The summed E-state index contributed by atoms with van der Waals surface area (Å²) < 4.78 is 36.8. The molecule has 0 aliphatic heterocycles. The molecule has 0 radical (unpaired) electrons. The van der Waals surface area contributed by atoms with Crippen LogP contribution in [0.15, 0.2) is 52.4 Å². The van der Waals surface area contributed by atoms with Crippen LogP contribution in [0.1, 0.15) is 16.7 Å². The lowest BCUT2D eigenvalue weighted by Gasteiger charge is -2.15. The lowest BCUT2D eigenvalue weighted by Crippen LogP contribution is -2.36. The van der Waals surface area contributed by atoms with Crippen molar-refractivity contribution in [3.63, 3.8) is 0 Å².